The summed E-state index contributed by atoms with van der Waals surface area (Å²) in [6.07, 6.45) is 0.292. The monoisotopic (exact) mass is 532 g/mol. The molecule has 0 aromatic carbocycles. The molecular formula is C25H31F3N6O2Si. The molecule has 0 bridgehead atoms. The van der Waals surface area contributed by atoms with Crippen LogP contribution in [0.3, 0.4) is 0 Å². The maximum Gasteiger partial charge on any atom is 0.423 e. The first-order valence-electron chi connectivity index (χ1n) is 12.2. The average molecular weight is 533 g/mol. The molecule has 2 aliphatic rings. The van der Waals surface area contributed by atoms with Crippen molar-refractivity contribution in [1.29, 1.82) is 10.8 Å². The number of ether oxygens (including phenoxy) is 2. The summed E-state index contributed by atoms with van der Waals surface area (Å²) in [6, 6.07) is 3.30. The van der Waals surface area contributed by atoms with Gasteiger partial charge in [-0.15, -0.1) is 5.54 Å². The molecule has 1 aliphatic carbocycles. The number of hydrogen-bond acceptors (Lipinski definition) is 7. The van der Waals surface area contributed by atoms with Crippen LogP contribution in [-0.2, 0) is 10.9 Å². The summed E-state index contributed by atoms with van der Waals surface area (Å²) in [6.45, 7) is 6.90. The second-order valence-electron chi connectivity index (χ2n) is 10.5. The highest BCUT2D eigenvalue weighted by molar-refractivity contribution is 6.83. The number of rotatable bonds is 5. The van der Waals surface area contributed by atoms with Crippen LogP contribution in [-0.4, -0.2) is 53.8 Å². The summed E-state index contributed by atoms with van der Waals surface area (Å²) in [5.41, 5.74) is 3.24. The second kappa shape index (κ2) is 10.7. The fourth-order valence-corrected chi connectivity index (χ4v) is 4.66. The first-order chi connectivity index (χ1) is 17.4. The standard InChI is InChI=1S/C25H31F3N6O2Si/c1-37(2,3)10-9-16-7-8-21(29)34(13-16)22(30)17-5-4-6-18(11-17)32-24-31-12-20(25(26,27)28)23(33-24)36-19-14-35-15-19/h7-8,12-13,17-19,29-30H,4-6,11,14-15H2,1-3H3,(H,31,32,33)/t17-,18+/m0/s1. The van der Waals surface area contributed by atoms with Gasteiger partial charge in [-0.25, -0.2) is 4.98 Å². The fourth-order valence-electron chi connectivity index (χ4n) is 4.14. The van der Waals surface area contributed by atoms with Crippen LogP contribution in [0.1, 0.15) is 36.8 Å². The van der Waals surface area contributed by atoms with Gasteiger partial charge in [0.2, 0.25) is 11.8 Å². The van der Waals surface area contributed by atoms with Crippen LogP contribution in [0.15, 0.2) is 24.5 Å². The SMILES string of the molecule is C[Si](C)(C)C#Cc1ccc(=N)n(C(=N)[C@H]2CCC[C@@H](Nc3ncc(C(F)(F)F)c(OC4COC4)n3)C2)c1. The summed E-state index contributed by atoms with van der Waals surface area (Å²) in [5.74, 6) is 2.88. The molecule has 1 saturated carbocycles. The number of alkyl halides is 3. The minimum absolute atomic E-state index is 0.0536. The van der Waals surface area contributed by atoms with Crippen molar-refractivity contribution in [3.05, 3.63) is 41.1 Å². The second-order valence-corrected chi connectivity index (χ2v) is 15.2. The highest BCUT2D eigenvalue weighted by Gasteiger charge is 2.38. The summed E-state index contributed by atoms with van der Waals surface area (Å²) in [5, 5.41) is 20.3. The highest BCUT2D eigenvalue weighted by Crippen LogP contribution is 2.36. The third-order valence-corrected chi connectivity index (χ3v) is 7.00. The van der Waals surface area contributed by atoms with Crippen LogP contribution in [0, 0.1) is 28.2 Å². The summed E-state index contributed by atoms with van der Waals surface area (Å²) < 4.78 is 52.2. The molecule has 3 heterocycles. The van der Waals surface area contributed by atoms with E-state index in [2.05, 4.69) is 46.4 Å². The summed E-state index contributed by atoms with van der Waals surface area (Å²) in [4.78, 5) is 7.92. The molecule has 2 aromatic rings. The first kappa shape index (κ1) is 26.9. The Kier molecular flexibility index (Phi) is 7.75. The van der Waals surface area contributed by atoms with Gasteiger partial charge in [-0.3, -0.25) is 15.4 Å². The maximum absolute atomic E-state index is 13.4. The predicted molar refractivity (Wildman–Crippen MR) is 135 cm³/mol. The fraction of sp³-hybridized carbons (Fsp3) is 0.520. The van der Waals surface area contributed by atoms with E-state index in [-0.39, 0.29) is 36.6 Å². The van der Waals surface area contributed by atoms with Crippen molar-refractivity contribution in [2.75, 3.05) is 18.5 Å². The molecule has 37 heavy (non-hydrogen) atoms. The summed E-state index contributed by atoms with van der Waals surface area (Å²) in [7, 11) is -1.57. The van der Waals surface area contributed by atoms with Crippen molar-refractivity contribution >= 4 is 19.9 Å². The Morgan fingerprint density at radius 3 is 2.65 bits per heavy atom. The number of pyridine rings is 1. The van der Waals surface area contributed by atoms with E-state index in [4.69, 9.17) is 20.3 Å². The Hall–Kier alpha value is -3.17. The molecule has 12 heteroatoms. The lowest BCUT2D eigenvalue weighted by molar-refractivity contribution is -0.142. The first-order valence-corrected chi connectivity index (χ1v) is 15.7. The van der Waals surface area contributed by atoms with Crippen LogP contribution in [0.2, 0.25) is 19.6 Å². The minimum atomic E-state index is -4.64. The lowest BCUT2D eigenvalue weighted by atomic mass is 9.84. The number of anilines is 1. The van der Waals surface area contributed by atoms with Gasteiger partial charge in [0.25, 0.3) is 0 Å². The molecule has 0 radical (unpaired) electrons. The van der Waals surface area contributed by atoms with Gasteiger partial charge in [0, 0.05) is 29.9 Å². The zero-order chi connectivity index (χ0) is 26.8. The van der Waals surface area contributed by atoms with Gasteiger partial charge in [0.15, 0.2) is 0 Å². The van der Waals surface area contributed by atoms with Crippen molar-refractivity contribution in [1.82, 2.24) is 14.5 Å². The number of nitrogens with zero attached hydrogens (tertiary/aromatic N) is 3. The van der Waals surface area contributed by atoms with E-state index in [0.29, 0.717) is 12.3 Å². The molecule has 1 aliphatic heterocycles. The number of nitrogens with one attached hydrogen (secondary N) is 3. The van der Waals surface area contributed by atoms with Crippen molar-refractivity contribution < 1.29 is 22.6 Å². The Balaban J connectivity index is 1.48. The third-order valence-electron chi connectivity index (χ3n) is 6.13. The van der Waals surface area contributed by atoms with E-state index in [1.54, 1.807) is 22.9 Å². The molecule has 3 N–H and O–H groups in total. The van der Waals surface area contributed by atoms with E-state index >= 15 is 0 Å². The van der Waals surface area contributed by atoms with E-state index in [1.165, 1.54) is 0 Å². The van der Waals surface area contributed by atoms with Gasteiger partial charge in [0.05, 0.1) is 13.2 Å². The molecule has 0 unspecified atom stereocenters. The zero-order valence-corrected chi connectivity index (χ0v) is 22.1. The third kappa shape index (κ3) is 6.99. The van der Waals surface area contributed by atoms with E-state index in [0.717, 1.165) is 31.0 Å². The van der Waals surface area contributed by atoms with E-state index in [9.17, 15) is 13.2 Å². The van der Waals surface area contributed by atoms with Crippen molar-refractivity contribution in [2.45, 2.75) is 63.6 Å². The topological polar surface area (TPSA) is 109 Å². The molecule has 1 saturated heterocycles. The van der Waals surface area contributed by atoms with E-state index < -0.39 is 31.8 Å². The van der Waals surface area contributed by atoms with Crippen LogP contribution in [0.25, 0.3) is 0 Å². The van der Waals surface area contributed by atoms with Gasteiger partial charge in [-0.2, -0.15) is 18.2 Å². The Morgan fingerprint density at radius 1 is 1.24 bits per heavy atom. The lowest BCUT2D eigenvalue weighted by Gasteiger charge is -2.31. The smallest absolute Gasteiger partial charge is 0.423 e. The van der Waals surface area contributed by atoms with Crippen molar-refractivity contribution in [3.63, 3.8) is 0 Å². The normalized spacial score (nSPS) is 20.4. The van der Waals surface area contributed by atoms with Gasteiger partial charge < -0.3 is 14.8 Å². The largest absolute Gasteiger partial charge is 0.469 e. The molecule has 2 fully saturated rings. The van der Waals surface area contributed by atoms with Gasteiger partial charge in [0.1, 0.15) is 31.1 Å². The van der Waals surface area contributed by atoms with Gasteiger partial charge >= 0.3 is 6.18 Å². The molecule has 4 rings (SSSR count). The molecule has 2 aromatic heterocycles. The number of aromatic nitrogens is 3. The van der Waals surface area contributed by atoms with Gasteiger partial charge in [-0.05, 0) is 31.4 Å². The summed E-state index contributed by atoms with van der Waals surface area (Å²) >= 11 is 0. The molecule has 0 amide bonds. The predicted octanol–water partition coefficient (Wildman–Crippen LogP) is 4.28. The van der Waals surface area contributed by atoms with Crippen molar-refractivity contribution in [2.24, 2.45) is 5.92 Å². The van der Waals surface area contributed by atoms with Crippen LogP contribution in [0.4, 0.5) is 19.1 Å². The minimum Gasteiger partial charge on any atom is -0.469 e. The van der Waals surface area contributed by atoms with Crippen molar-refractivity contribution in [3.8, 4) is 17.3 Å². The quantitative estimate of drug-likeness (QED) is 0.231. The molecular weight excluding hydrogens is 501 g/mol. The molecule has 8 nitrogen and oxygen atoms in total. The Morgan fingerprint density at radius 2 is 2.00 bits per heavy atom. The molecule has 2 atom stereocenters. The van der Waals surface area contributed by atoms with Crippen LogP contribution >= 0.6 is 0 Å². The number of halogens is 3. The lowest BCUT2D eigenvalue weighted by Crippen LogP contribution is -2.39. The number of hydrogen-bond donors (Lipinski definition) is 3. The van der Waals surface area contributed by atoms with Gasteiger partial charge in [-0.1, -0.05) is 32.0 Å². The average Bonchev–Trinajstić information content (AvgIpc) is 2.79. The maximum atomic E-state index is 13.4. The van der Waals surface area contributed by atoms with E-state index in [1.807, 2.05) is 0 Å². The van der Waals surface area contributed by atoms with Crippen LogP contribution < -0.4 is 15.5 Å². The van der Waals surface area contributed by atoms with Crippen LogP contribution in [0.5, 0.6) is 5.88 Å². The Labute approximate surface area is 214 Å². The Bertz CT molecular complexity index is 1270. The molecule has 0 spiro atoms. The zero-order valence-electron chi connectivity index (χ0n) is 21.1. The highest BCUT2D eigenvalue weighted by atomic mass is 28.3. The molecule has 198 valence electrons.